The number of carbonyl (C=O) groups is 2. The molecule has 1 aromatic heterocycles. The summed E-state index contributed by atoms with van der Waals surface area (Å²) < 4.78 is 4.95. The molecule has 2 N–H and O–H groups in total. The van der Waals surface area contributed by atoms with E-state index in [2.05, 4.69) is 20.5 Å². The second-order valence-electron chi connectivity index (χ2n) is 8.03. The van der Waals surface area contributed by atoms with Gasteiger partial charge in [-0.2, -0.15) is 5.10 Å². The monoisotopic (exact) mass is 433 g/mol. The Kier molecular flexibility index (Phi) is 6.61. The van der Waals surface area contributed by atoms with Gasteiger partial charge in [-0.15, -0.1) is 0 Å². The van der Waals surface area contributed by atoms with Crippen molar-refractivity contribution in [1.82, 2.24) is 25.4 Å². The van der Waals surface area contributed by atoms with Gasteiger partial charge in [0.25, 0.3) is 0 Å². The van der Waals surface area contributed by atoms with E-state index >= 15 is 0 Å². The number of amides is 2. The van der Waals surface area contributed by atoms with Gasteiger partial charge in [-0.05, 0) is 18.1 Å². The summed E-state index contributed by atoms with van der Waals surface area (Å²) in [7, 11) is 1.48. The van der Waals surface area contributed by atoms with E-state index in [1.807, 2.05) is 61.5 Å². The van der Waals surface area contributed by atoms with Gasteiger partial charge in [0.1, 0.15) is 12.4 Å². The largest absolute Gasteiger partial charge is 0.375 e. The summed E-state index contributed by atoms with van der Waals surface area (Å²) in [5.74, 6) is 0.848. The number of aryl methyl sites for hydroxylation is 1. The Balaban J connectivity index is 1.54. The summed E-state index contributed by atoms with van der Waals surface area (Å²) in [5, 5.41) is 10.4. The van der Waals surface area contributed by atoms with E-state index in [1.54, 1.807) is 4.90 Å². The number of aromatic amines is 1. The molecule has 1 fully saturated rings. The number of benzene rings is 2. The SMILES string of the molecule is COCC(=O)N[C@@H]1CN(C(=O)Cc2ccccc2C)C[C@H]1c1nc(-c2ccccc2)n[nH]1. The maximum absolute atomic E-state index is 13.1. The van der Waals surface area contributed by atoms with Gasteiger partial charge >= 0.3 is 0 Å². The zero-order valence-electron chi connectivity index (χ0n) is 18.2. The number of nitrogens with zero attached hydrogens (tertiary/aromatic N) is 3. The summed E-state index contributed by atoms with van der Waals surface area (Å²) in [6.07, 6.45) is 0.323. The first-order valence-corrected chi connectivity index (χ1v) is 10.6. The predicted molar refractivity (Wildman–Crippen MR) is 120 cm³/mol. The van der Waals surface area contributed by atoms with Crippen molar-refractivity contribution in [2.45, 2.75) is 25.3 Å². The first-order valence-electron chi connectivity index (χ1n) is 10.6. The summed E-state index contributed by atoms with van der Waals surface area (Å²) in [4.78, 5) is 31.8. The molecule has 1 aliphatic heterocycles. The smallest absolute Gasteiger partial charge is 0.246 e. The topological polar surface area (TPSA) is 100 Å². The number of H-pyrrole nitrogens is 1. The number of likely N-dealkylation sites (tertiary alicyclic amines) is 1. The van der Waals surface area contributed by atoms with Gasteiger partial charge in [0, 0.05) is 25.8 Å². The van der Waals surface area contributed by atoms with Crippen LogP contribution < -0.4 is 5.32 Å². The standard InChI is InChI=1S/C24H27N5O3/c1-16-8-6-7-11-18(16)12-22(31)29-13-19(20(14-29)25-21(30)15-32-2)24-26-23(27-28-24)17-9-4-3-5-10-17/h3-11,19-20H,12-15H2,1-2H3,(H,25,30)(H,26,27,28)/t19-,20-/m1/s1. The summed E-state index contributed by atoms with van der Waals surface area (Å²) in [6, 6.07) is 17.3. The highest BCUT2D eigenvalue weighted by Gasteiger charge is 2.39. The van der Waals surface area contributed by atoms with Crippen LogP contribution in [-0.2, 0) is 20.7 Å². The molecule has 166 valence electrons. The fourth-order valence-corrected chi connectivity index (χ4v) is 4.05. The predicted octanol–water partition coefficient (Wildman–Crippen LogP) is 2.08. The summed E-state index contributed by atoms with van der Waals surface area (Å²) in [5.41, 5.74) is 3.00. The molecule has 0 unspecified atom stereocenters. The van der Waals surface area contributed by atoms with Crippen LogP contribution in [0.5, 0.6) is 0 Å². The minimum absolute atomic E-state index is 0.0237. The fourth-order valence-electron chi connectivity index (χ4n) is 4.05. The maximum atomic E-state index is 13.1. The van der Waals surface area contributed by atoms with Gasteiger partial charge in [-0.3, -0.25) is 14.7 Å². The molecule has 2 aromatic carbocycles. The van der Waals surface area contributed by atoms with E-state index in [-0.39, 0.29) is 30.4 Å². The molecule has 1 aliphatic rings. The van der Waals surface area contributed by atoms with Crippen LogP contribution in [-0.4, -0.2) is 64.7 Å². The number of carbonyl (C=O) groups excluding carboxylic acids is 2. The van der Waals surface area contributed by atoms with E-state index in [0.717, 1.165) is 16.7 Å². The van der Waals surface area contributed by atoms with Crippen molar-refractivity contribution in [3.05, 3.63) is 71.5 Å². The van der Waals surface area contributed by atoms with E-state index in [1.165, 1.54) is 7.11 Å². The molecule has 32 heavy (non-hydrogen) atoms. The van der Waals surface area contributed by atoms with E-state index in [0.29, 0.717) is 31.2 Å². The highest BCUT2D eigenvalue weighted by Crippen LogP contribution is 2.28. The van der Waals surface area contributed by atoms with Crippen LogP contribution in [0, 0.1) is 6.92 Å². The molecule has 4 rings (SSSR count). The third kappa shape index (κ3) is 4.86. The van der Waals surface area contributed by atoms with Crippen LogP contribution >= 0.6 is 0 Å². The molecule has 0 bridgehead atoms. The first-order chi connectivity index (χ1) is 15.5. The number of aromatic nitrogens is 3. The van der Waals surface area contributed by atoms with Gasteiger partial charge in [0.05, 0.1) is 18.4 Å². The Morgan fingerprint density at radius 2 is 1.88 bits per heavy atom. The number of rotatable bonds is 7. The highest BCUT2D eigenvalue weighted by molar-refractivity contribution is 5.81. The number of hydrogen-bond acceptors (Lipinski definition) is 5. The second-order valence-corrected chi connectivity index (χ2v) is 8.03. The van der Waals surface area contributed by atoms with Crippen molar-refractivity contribution >= 4 is 11.8 Å². The van der Waals surface area contributed by atoms with Crippen LogP contribution in [0.3, 0.4) is 0 Å². The Hall–Kier alpha value is -3.52. The van der Waals surface area contributed by atoms with Crippen LogP contribution in [0.25, 0.3) is 11.4 Å². The Morgan fingerprint density at radius 3 is 2.62 bits per heavy atom. The number of hydrogen-bond donors (Lipinski definition) is 2. The van der Waals surface area contributed by atoms with Crippen molar-refractivity contribution in [2.75, 3.05) is 26.8 Å². The molecule has 2 atom stereocenters. The van der Waals surface area contributed by atoms with Crippen molar-refractivity contribution in [1.29, 1.82) is 0 Å². The van der Waals surface area contributed by atoms with Crippen molar-refractivity contribution in [3.63, 3.8) is 0 Å². The first kappa shape index (κ1) is 21.7. The van der Waals surface area contributed by atoms with E-state index < -0.39 is 0 Å². The van der Waals surface area contributed by atoms with Gasteiger partial charge < -0.3 is 15.0 Å². The van der Waals surface area contributed by atoms with Gasteiger partial charge in [-0.1, -0.05) is 54.6 Å². The lowest BCUT2D eigenvalue weighted by atomic mass is 10.0. The van der Waals surface area contributed by atoms with E-state index in [4.69, 9.17) is 4.74 Å². The molecule has 8 heteroatoms. The van der Waals surface area contributed by atoms with Crippen molar-refractivity contribution in [3.8, 4) is 11.4 Å². The normalized spacial score (nSPS) is 18.0. The summed E-state index contributed by atoms with van der Waals surface area (Å²) in [6.45, 7) is 2.83. The fraction of sp³-hybridized carbons (Fsp3) is 0.333. The molecule has 0 spiro atoms. The van der Waals surface area contributed by atoms with Gasteiger partial charge in [0.2, 0.25) is 11.8 Å². The van der Waals surface area contributed by atoms with Crippen molar-refractivity contribution < 1.29 is 14.3 Å². The second kappa shape index (κ2) is 9.74. The average Bonchev–Trinajstić information content (AvgIpc) is 3.43. The molecule has 1 saturated heterocycles. The highest BCUT2D eigenvalue weighted by atomic mass is 16.5. The lowest BCUT2D eigenvalue weighted by Gasteiger charge is -2.18. The third-order valence-corrected chi connectivity index (χ3v) is 5.78. The quantitative estimate of drug-likeness (QED) is 0.594. The molecular formula is C24H27N5O3. The number of methoxy groups -OCH3 is 1. The number of ether oxygens (including phenoxy) is 1. The average molecular weight is 434 g/mol. The minimum Gasteiger partial charge on any atom is -0.375 e. The van der Waals surface area contributed by atoms with Gasteiger partial charge in [-0.25, -0.2) is 4.98 Å². The lowest BCUT2D eigenvalue weighted by Crippen LogP contribution is -2.42. The van der Waals surface area contributed by atoms with E-state index in [9.17, 15) is 9.59 Å². The molecule has 0 saturated carbocycles. The van der Waals surface area contributed by atoms with Crippen molar-refractivity contribution in [2.24, 2.45) is 0 Å². The molecular weight excluding hydrogens is 406 g/mol. The lowest BCUT2D eigenvalue weighted by molar-refractivity contribution is -0.130. The Morgan fingerprint density at radius 1 is 1.12 bits per heavy atom. The Bertz CT molecular complexity index is 1080. The molecule has 3 aromatic rings. The Labute approximate surface area is 187 Å². The van der Waals surface area contributed by atoms with Crippen LogP contribution in [0.1, 0.15) is 22.9 Å². The van der Waals surface area contributed by atoms with Crippen LogP contribution in [0.15, 0.2) is 54.6 Å². The molecule has 2 heterocycles. The molecule has 0 aliphatic carbocycles. The molecule has 2 amide bonds. The van der Waals surface area contributed by atoms with Crippen LogP contribution in [0.2, 0.25) is 0 Å². The maximum Gasteiger partial charge on any atom is 0.246 e. The summed E-state index contributed by atoms with van der Waals surface area (Å²) >= 11 is 0. The zero-order valence-corrected chi connectivity index (χ0v) is 18.2. The third-order valence-electron chi connectivity index (χ3n) is 5.78. The van der Waals surface area contributed by atoms with Gasteiger partial charge in [0.15, 0.2) is 5.82 Å². The van der Waals surface area contributed by atoms with Crippen LogP contribution in [0.4, 0.5) is 0 Å². The number of nitrogens with one attached hydrogen (secondary N) is 2. The zero-order chi connectivity index (χ0) is 22.5. The minimum atomic E-state index is -0.282. The molecule has 0 radical (unpaired) electrons. The molecule has 8 nitrogen and oxygen atoms in total.